The van der Waals surface area contributed by atoms with Crippen LogP contribution in [0.5, 0.6) is 5.75 Å². The van der Waals surface area contributed by atoms with Crippen molar-refractivity contribution in [2.24, 2.45) is 0 Å². The third kappa shape index (κ3) is 2.42. The summed E-state index contributed by atoms with van der Waals surface area (Å²) in [6.45, 7) is 2.11. The van der Waals surface area contributed by atoms with E-state index in [0.717, 1.165) is 17.6 Å². The van der Waals surface area contributed by atoms with Crippen LogP contribution in [0.2, 0.25) is 0 Å². The Morgan fingerprint density at radius 1 is 1.55 bits per heavy atom. The van der Waals surface area contributed by atoms with Crippen LogP contribution in [0, 0.1) is 6.92 Å². The quantitative estimate of drug-likeness (QED) is 0.611. The molecule has 0 unspecified atom stereocenters. The number of rotatable bonds is 3. The second-order valence-corrected chi connectivity index (χ2v) is 2.29. The summed E-state index contributed by atoms with van der Waals surface area (Å²) in [6, 6.07) is 7.60. The first-order chi connectivity index (χ1) is 5.33. The lowest BCUT2D eigenvalue weighted by molar-refractivity contribution is -0.109. The molecule has 2 heteroatoms. The Hall–Kier alpha value is -1.31. The summed E-state index contributed by atoms with van der Waals surface area (Å²) in [6.07, 6.45) is 0.738. The van der Waals surface area contributed by atoms with E-state index in [2.05, 4.69) is 0 Å². The van der Waals surface area contributed by atoms with Gasteiger partial charge in [0.15, 0.2) is 6.29 Å². The van der Waals surface area contributed by atoms with Gasteiger partial charge in [-0.25, -0.2) is 0 Å². The third-order valence-corrected chi connectivity index (χ3v) is 1.31. The zero-order valence-electron chi connectivity index (χ0n) is 6.41. The van der Waals surface area contributed by atoms with Gasteiger partial charge in [-0.15, -0.1) is 0 Å². The zero-order chi connectivity index (χ0) is 8.10. The van der Waals surface area contributed by atoms with E-state index in [0.29, 0.717) is 0 Å². The van der Waals surface area contributed by atoms with E-state index in [-0.39, 0.29) is 6.61 Å². The molecule has 1 aromatic carbocycles. The van der Waals surface area contributed by atoms with Crippen molar-refractivity contribution in [3.63, 3.8) is 0 Å². The predicted molar refractivity (Wildman–Crippen MR) is 42.7 cm³/mol. The molecule has 1 aromatic rings. The summed E-state index contributed by atoms with van der Waals surface area (Å²) in [5.74, 6) is 0.747. The van der Waals surface area contributed by atoms with E-state index in [1.165, 1.54) is 0 Å². The highest BCUT2D eigenvalue weighted by Crippen LogP contribution is 2.11. The van der Waals surface area contributed by atoms with E-state index < -0.39 is 0 Å². The van der Waals surface area contributed by atoms with Crippen LogP contribution in [-0.4, -0.2) is 12.9 Å². The van der Waals surface area contributed by atoms with Crippen molar-refractivity contribution in [3.8, 4) is 5.75 Å². The Kier molecular flexibility index (Phi) is 2.66. The number of carbonyl (C=O) groups excluding carboxylic acids is 1. The second kappa shape index (κ2) is 3.76. The molecule has 0 saturated heterocycles. The van der Waals surface area contributed by atoms with Crippen LogP contribution >= 0.6 is 0 Å². The number of aldehydes is 1. The maximum absolute atomic E-state index is 9.94. The lowest BCUT2D eigenvalue weighted by Crippen LogP contribution is -1.97. The fourth-order valence-electron chi connectivity index (χ4n) is 0.835. The van der Waals surface area contributed by atoms with Crippen molar-refractivity contribution in [1.82, 2.24) is 0 Å². The molecule has 0 aliphatic heterocycles. The van der Waals surface area contributed by atoms with Crippen molar-refractivity contribution < 1.29 is 9.53 Å². The van der Waals surface area contributed by atoms with Crippen LogP contribution in [0.1, 0.15) is 5.56 Å². The Labute approximate surface area is 65.8 Å². The summed E-state index contributed by atoms with van der Waals surface area (Å²) in [5.41, 5.74) is 1.13. The molecule has 0 saturated carbocycles. The largest absolute Gasteiger partial charge is 0.486 e. The van der Waals surface area contributed by atoms with E-state index in [1.54, 1.807) is 0 Å². The summed E-state index contributed by atoms with van der Waals surface area (Å²) in [5, 5.41) is 0. The molecule has 11 heavy (non-hydrogen) atoms. The number of ether oxygens (including phenoxy) is 1. The zero-order valence-corrected chi connectivity index (χ0v) is 6.41. The minimum atomic E-state index is 0.128. The molecule has 0 fully saturated rings. The summed E-state index contributed by atoms with van der Waals surface area (Å²) in [7, 11) is 0. The Bertz CT molecular complexity index is 243. The number of hydrogen-bond donors (Lipinski definition) is 0. The van der Waals surface area contributed by atoms with Crippen LogP contribution in [0.25, 0.3) is 0 Å². The van der Waals surface area contributed by atoms with Crippen molar-refractivity contribution in [2.75, 3.05) is 6.61 Å². The van der Waals surface area contributed by atoms with Crippen LogP contribution in [0.4, 0.5) is 0 Å². The number of carbonyl (C=O) groups is 1. The molecule has 0 bridgehead atoms. The molecule has 0 radical (unpaired) electrons. The number of hydrogen-bond acceptors (Lipinski definition) is 2. The van der Waals surface area contributed by atoms with Crippen LogP contribution < -0.4 is 4.74 Å². The summed E-state index contributed by atoms with van der Waals surface area (Å²) < 4.78 is 5.07. The normalized spacial score (nSPS) is 9.18. The van der Waals surface area contributed by atoms with Gasteiger partial charge in [-0.3, -0.25) is 4.79 Å². The van der Waals surface area contributed by atoms with Crippen LogP contribution in [0.3, 0.4) is 0 Å². The van der Waals surface area contributed by atoms with Gasteiger partial charge in [0.05, 0.1) is 0 Å². The van der Waals surface area contributed by atoms with Crippen molar-refractivity contribution >= 4 is 6.29 Å². The monoisotopic (exact) mass is 150 g/mol. The first kappa shape index (κ1) is 7.79. The Morgan fingerprint density at radius 2 is 2.36 bits per heavy atom. The average Bonchev–Trinajstić information content (AvgIpc) is 2.01. The fraction of sp³-hybridized carbons (Fsp3) is 0.222. The first-order valence-electron chi connectivity index (χ1n) is 3.46. The van der Waals surface area contributed by atoms with Gasteiger partial charge in [0.1, 0.15) is 12.4 Å². The van der Waals surface area contributed by atoms with Crippen molar-refractivity contribution in [2.45, 2.75) is 6.92 Å². The molecule has 0 N–H and O–H groups in total. The van der Waals surface area contributed by atoms with E-state index in [9.17, 15) is 4.79 Å². The molecule has 58 valence electrons. The summed E-state index contributed by atoms with van der Waals surface area (Å²) >= 11 is 0. The highest BCUT2D eigenvalue weighted by molar-refractivity contribution is 5.51. The number of aryl methyl sites for hydroxylation is 1. The lowest BCUT2D eigenvalue weighted by atomic mass is 10.2. The predicted octanol–water partition coefficient (Wildman–Crippen LogP) is 1.57. The number of benzene rings is 1. The van der Waals surface area contributed by atoms with Gasteiger partial charge in [-0.2, -0.15) is 0 Å². The second-order valence-electron chi connectivity index (χ2n) is 2.29. The van der Waals surface area contributed by atoms with Gasteiger partial charge < -0.3 is 4.74 Å². The first-order valence-corrected chi connectivity index (χ1v) is 3.46. The average molecular weight is 150 g/mol. The van der Waals surface area contributed by atoms with Crippen LogP contribution in [-0.2, 0) is 4.79 Å². The van der Waals surface area contributed by atoms with Gasteiger partial charge in [0, 0.05) is 0 Å². The molecule has 0 aliphatic rings. The molecule has 0 spiro atoms. The Balaban J connectivity index is 2.63. The van der Waals surface area contributed by atoms with Crippen molar-refractivity contribution in [3.05, 3.63) is 29.8 Å². The topological polar surface area (TPSA) is 26.3 Å². The van der Waals surface area contributed by atoms with E-state index in [1.807, 2.05) is 31.2 Å². The maximum Gasteiger partial charge on any atom is 0.157 e. The van der Waals surface area contributed by atoms with E-state index in [4.69, 9.17) is 4.74 Å². The van der Waals surface area contributed by atoms with Crippen LogP contribution in [0.15, 0.2) is 24.3 Å². The lowest BCUT2D eigenvalue weighted by Gasteiger charge is -2.01. The summed E-state index contributed by atoms with van der Waals surface area (Å²) in [4.78, 5) is 9.94. The molecule has 0 aromatic heterocycles. The minimum Gasteiger partial charge on any atom is -0.486 e. The van der Waals surface area contributed by atoms with Gasteiger partial charge in [-0.05, 0) is 24.6 Å². The smallest absolute Gasteiger partial charge is 0.157 e. The third-order valence-electron chi connectivity index (χ3n) is 1.31. The molecule has 0 amide bonds. The van der Waals surface area contributed by atoms with Gasteiger partial charge in [-0.1, -0.05) is 12.1 Å². The van der Waals surface area contributed by atoms with E-state index >= 15 is 0 Å². The van der Waals surface area contributed by atoms with Gasteiger partial charge in [0.25, 0.3) is 0 Å². The fourth-order valence-corrected chi connectivity index (χ4v) is 0.835. The standard InChI is InChI=1S/C9H10O2/c1-8-3-2-4-9(7-8)11-6-5-10/h2-5,7H,6H2,1H3. The molecule has 2 nitrogen and oxygen atoms in total. The Morgan fingerprint density at radius 3 is 3.00 bits per heavy atom. The molecule has 0 aliphatic carbocycles. The maximum atomic E-state index is 9.94. The minimum absolute atomic E-state index is 0.128. The van der Waals surface area contributed by atoms with Gasteiger partial charge >= 0.3 is 0 Å². The molecule has 0 atom stereocenters. The highest BCUT2D eigenvalue weighted by Gasteiger charge is 1.90. The molecule has 1 rings (SSSR count). The SMILES string of the molecule is Cc1cccc(OCC=O)c1. The molecule has 0 heterocycles. The van der Waals surface area contributed by atoms with Gasteiger partial charge in [0.2, 0.25) is 0 Å². The molecular weight excluding hydrogens is 140 g/mol. The molecular formula is C9H10O2. The van der Waals surface area contributed by atoms with Crippen molar-refractivity contribution in [1.29, 1.82) is 0 Å². The highest BCUT2D eigenvalue weighted by atomic mass is 16.5.